The van der Waals surface area contributed by atoms with E-state index in [2.05, 4.69) is 9.98 Å². The van der Waals surface area contributed by atoms with E-state index < -0.39 is 23.2 Å². The van der Waals surface area contributed by atoms with Crippen LogP contribution in [-0.2, 0) is 11.0 Å². The van der Waals surface area contributed by atoms with Gasteiger partial charge in [0.15, 0.2) is 0 Å². The van der Waals surface area contributed by atoms with Crippen molar-refractivity contribution in [1.29, 1.82) is 5.26 Å². The maximum atomic E-state index is 13.6. The monoisotopic (exact) mass is 440 g/mol. The highest BCUT2D eigenvalue weighted by Gasteiger charge is 2.37. The molecule has 0 unspecified atom stereocenters. The molecule has 1 aliphatic heterocycles. The third-order valence-electron chi connectivity index (χ3n) is 4.60. The fraction of sp³-hybridized carbons (Fsp3) is 0.474. The first-order chi connectivity index (χ1) is 14.8. The Balaban J connectivity index is 2.33. The number of aliphatic hydroxyl groups excluding tert-OH is 2. The van der Waals surface area contributed by atoms with Gasteiger partial charge in [-0.1, -0.05) is 0 Å². The molecular weight excluding hydrogens is 417 g/mol. The van der Waals surface area contributed by atoms with E-state index in [0.717, 1.165) is 24.9 Å². The Morgan fingerprint density at radius 3 is 2.45 bits per heavy atom. The van der Waals surface area contributed by atoms with E-state index >= 15 is 0 Å². The lowest BCUT2D eigenvalue weighted by Crippen LogP contribution is -2.38. The molecule has 9 nitrogen and oxygen atoms in total. The van der Waals surface area contributed by atoms with E-state index in [1.54, 1.807) is 11.0 Å². The van der Waals surface area contributed by atoms with Crippen molar-refractivity contribution in [3.05, 3.63) is 29.1 Å². The quantitative estimate of drug-likeness (QED) is 0.471. The maximum Gasteiger partial charge on any atom is 0.417 e. The van der Waals surface area contributed by atoms with Gasteiger partial charge in [0.05, 0.1) is 24.5 Å². The molecule has 1 aromatic heterocycles. The molecule has 12 heteroatoms. The van der Waals surface area contributed by atoms with Crippen LogP contribution in [0.4, 0.5) is 19.0 Å². The third-order valence-corrected chi connectivity index (χ3v) is 4.60. The van der Waals surface area contributed by atoms with Gasteiger partial charge in [-0.05, 0) is 12.5 Å². The molecule has 0 aliphatic carbocycles. The summed E-state index contributed by atoms with van der Waals surface area (Å²) in [4.78, 5) is 23.0. The lowest BCUT2D eigenvalue weighted by molar-refractivity contribution is -0.137. The fourth-order valence-electron chi connectivity index (χ4n) is 2.89. The molecule has 2 rings (SSSR count). The summed E-state index contributed by atoms with van der Waals surface area (Å²) in [6, 6.07) is 2.33. The molecule has 1 saturated heterocycles. The van der Waals surface area contributed by atoms with Gasteiger partial charge < -0.3 is 25.7 Å². The van der Waals surface area contributed by atoms with Gasteiger partial charge in [0, 0.05) is 44.2 Å². The number of carbonyl (C=O) groups excluding carboxylic acids is 1. The van der Waals surface area contributed by atoms with Crippen LogP contribution in [0.5, 0.6) is 0 Å². The van der Waals surface area contributed by atoms with Crippen molar-refractivity contribution in [3.63, 3.8) is 0 Å². The summed E-state index contributed by atoms with van der Waals surface area (Å²) in [7, 11) is 0. The number of aliphatic imine (C=N–C) groups is 1. The van der Waals surface area contributed by atoms with Crippen LogP contribution in [0.15, 0.2) is 17.3 Å². The molecule has 1 aromatic rings. The van der Waals surface area contributed by atoms with Crippen molar-refractivity contribution in [2.45, 2.75) is 12.6 Å². The lowest BCUT2D eigenvalue weighted by atomic mass is 10.0. The number of nitrogens with zero attached hydrogens (tertiary/aromatic N) is 5. The average molecular weight is 440 g/mol. The van der Waals surface area contributed by atoms with Crippen molar-refractivity contribution in [2.75, 3.05) is 50.8 Å². The second-order valence-electron chi connectivity index (χ2n) is 6.62. The van der Waals surface area contributed by atoms with Crippen molar-refractivity contribution in [3.8, 4) is 6.07 Å². The van der Waals surface area contributed by atoms with Crippen molar-refractivity contribution in [2.24, 2.45) is 10.7 Å². The zero-order valence-electron chi connectivity index (χ0n) is 16.6. The Hall–Kier alpha value is -3.17. The summed E-state index contributed by atoms with van der Waals surface area (Å²) in [6.07, 6.45) is -1.85. The number of alkyl halides is 3. The van der Waals surface area contributed by atoms with E-state index in [0.29, 0.717) is 13.1 Å². The number of hydrogen-bond donors (Lipinski definition) is 3. The molecule has 0 atom stereocenters. The van der Waals surface area contributed by atoms with Gasteiger partial charge in [0.2, 0.25) is 5.91 Å². The Morgan fingerprint density at radius 1 is 1.35 bits per heavy atom. The minimum atomic E-state index is -4.77. The number of aliphatic hydroxyl groups is 2. The number of amides is 1. The minimum Gasteiger partial charge on any atom is -0.404 e. The van der Waals surface area contributed by atoms with Crippen LogP contribution in [0, 0.1) is 11.3 Å². The largest absolute Gasteiger partial charge is 0.417 e. The molecular formula is C19H23F3N6O3. The van der Waals surface area contributed by atoms with Crippen LogP contribution < -0.4 is 10.6 Å². The zero-order chi connectivity index (χ0) is 23.0. The topological polar surface area (TPSA) is 139 Å². The highest BCUT2D eigenvalue weighted by Crippen LogP contribution is 2.37. The number of aromatic nitrogens is 1. The molecule has 1 aliphatic rings. The van der Waals surface area contributed by atoms with Gasteiger partial charge in [-0.3, -0.25) is 9.79 Å². The number of pyridine rings is 1. The predicted molar refractivity (Wildman–Crippen MR) is 107 cm³/mol. The molecule has 0 saturated carbocycles. The fourth-order valence-corrected chi connectivity index (χ4v) is 2.89. The molecule has 4 N–H and O–H groups in total. The molecule has 31 heavy (non-hydrogen) atoms. The Bertz CT molecular complexity index is 885. The Morgan fingerprint density at radius 2 is 2.00 bits per heavy atom. The van der Waals surface area contributed by atoms with Crippen molar-refractivity contribution >= 4 is 23.5 Å². The summed E-state index contributed by atoms with van der Waals surface area (Å²) in [6.45, 7) is 0.0466. The molecule has 0 bridgehead atoms. The van der Waals surface area contributed by atoms with Crippen LogP contribution in [0.25, 0.3) is 5.57 Å². The van der Waals surface area contributed by atoms with E-state index in [1.807, 2.05) is 0 Å². The number of nitriles is 1. The zero-order valence-corrected chi connectivity index (χ0v) is 16.6. The van der Waals surface area contributed by atoms with Gasteiger partial charge >= 0.3 is 6.18 Å². The van der Waals surface area contributed by atoms with Gasteiger partial charge in [-0.2, -0.15) is 18.4 Å². The number of nitrogens with two attached hydrogens (primary N) is 1. The molecule has 168 valence electrons. The Labute approximate surface area is 176 Å². The van der Waals surface area contributed by atoms with Gasteiger partial charge in [-0.25, -0.2) is 4.98 Å². The number of carbonyl (C=O) groups is 1. The molecule has 0 aromatic carbocycles. The standard InChI is InChI=1S/C19H23F3N6O3/c20-19(21,22)15-8-16(26-18(14(15)10-24)28-2-1-3-28)13(9-23)11-25-12-17(31)27(4-6-29)5-7-30/h8-9,11,29-30H,1-7,12,23H2/b13-9+,25-11?. The first-order valence-corrected chi connectivity index (χ1v) is 9.45. The van der Waals surface area contributed by atoms with Gasteiger partial charge in [-0.15, -0.1) is 0 Å². The van der Waals surface area contributed by atoms with Crippen molar-refractivity contribution < 1.29 is 28.2 Å². The van der Waals surface area contributed by atoms with Crippen LogP contribution >= 0.6 is 0 Å². The van der Waals surface area contributed by atoms with Gasteiger partial charge in [0.25, 0.3) is 0 Å². The summed E-state index contributed by atoms with van der Waals surface area (Å²) in [5.41, 5.74) is 3.80. The average Bonchev–Trinajstić information content (AvgIpc) is 2.68. The SMILES string of the molecule is N#Cc1c(C(F)(F)F)cc(/C(C=NCC(=O)N(CCO)CCO)=C/N)nc1N1CCC1. The summed E-state index contributed by atoms with van der Waals surface area (Å²) >= 11 is 0. The van der Waals surface area contributed by atoms with Crippen LogP contribution in [0.3, 0.4) is 0 Å². The highest BCUT2D eigenvalue weighted by molar-refractivity contribution is 6.09. The van der Waals surface area contributed by atoms with Crippen molar-refractivity contribution in [1.82, 2.24) is 9.88 Å². The molecule has 0 radical (unpaired) electrons. The van der Waals surface area contributed by atoms with Crippen LogP contribution in [-0.4, -0.2) is 78.2 Å². The van der Waals surface area contributed by atoms with Crippen LogP contribution in [0.2, 0.25) is 0 Å². The second kappa shape index (κ2) is 10.7. The highest BCUT2D eigenvalue weighted by atomic mass is 19.4. The number of anilines is 1. The van der Waals surface area contributed by atoms with Gasteiger partial charge in [0.1, 0.15) is 24.0 Å². The number of hydrogen-bond acceptors (Lipinski definition) is 8. The molecule has 2 heterocycles. The molecule has 0 spiro atoms. The van der Waals surface area contributed by atoms with E-state index in [1.165, 1.54) is 4.90 Å². The minimum absolute atomic E-state index is 0.0137. The lowest BCUT2D eigenvalue weighted by Gasteiger charge is -2.33. The smallest absolute Gasteiger partial charge is 0.404 e. The summed E-state index contributed by atoms with van der Waals surface area (Å²) in [5, 5.41) is 27.3. The maximum absolute atomic E-state index is 13.6. The van der Waals surface area contributed by atoms with E-state index in [-0.39, 0.29) is 49.9 Å². The number of allylic oxidation sites excluding steroid dienone is 1. The van der Waals surface area contributed by atoms with E-state index in [4.69, 9.17) is 15.9 Å². The first-order valence-electron chi connectivity index (χ1n) is 9.45. The third kappa shape index (κ3) is 5.93. The normalized spacial score (nSPS) is 14.5. The predicted octanol–water partition coefficient (Wildman–Crippen LogP) is 0.366. The number of halogens is 3. The molecule has 1 amide bonds. The van der Waals surface area contributed by atoms with Crippen LogP contribution in [0.1, 0.15) is 23.2 Å². The summed E-state index contributed by atoms with van der Waals surface area (Å²) < 4.78 is 40.7. The summed E-state index contributed by atoms with van der Waals surface area (Å²) in [5.74, 6) is -0.555. The second-order valence-corrected chi connectivity index (χ2v) is 6.62. The molecule has 1 fully saturated rings. The first kappa shape index (κ1) is 24.1. The van der Waals surface area contributed by atoms with E-state index in [9.17, 15) is 23.2 Å². The number of rotatable bonds is 9. The Kier molecular flexibility index (Phi) is 8.35.